The summed E-state index contributed by atoms with van der Waals surface area (Å²) < 4.78 is 5.00. The third kappa shape index (κ3) is 3.12. The van der Waals surface area contributed by atoms with Gasteiger partial charge in [0.05, 0.1) is 12.5 Å². The second-order valence-electron chi connectivity index (χ2n) is 5.75. The van der Waals surface area contributed by atoms with Crippen molar-refractivity contribution in [1.29, 1.82) is 0 Å². The number of rotatable bonds is 4. The van der Waals surface area contributed by atoms with Crippen LogP contribution in [0.4, 0.5) is 0 Å². The standard InChI is InChI=1S/C14H25N3O3/c1-10-11(2)17(5-4-15-10)14(19)12-8-13(18)16(9-12)6-7-20-3/h10-12,15H,4-9H2,1-3H3. The maximum atomic E-state index is 12.6. The number of piperazine rings is 1. The molecule has 6 nitrogen and oxygen atoms in total. The highest BCUT2D eigenvalue weighted by molar-refractivity contribution is 5.89. The molecular weight excluding hydrogens is 258 g/mol. The van der Waals surface area contributed by atoms with Crippen LogP contribution in [0.5, 0.6) is 0 Å². The first-order valence-corrected chi connectivity index (χ1v) is 7.35. The van der Waals surface area contributed by atoms with Gasteiger partial charge in [-0.25, -0.2) is 0 Å². The van der Waals surface area contributed by atoms with Gasteiger partial charge in [-0.3, -0.25) is 9.59 Å². The summed E-state index contributed by atoms with van der Waals surface area (Å²) in [6.45, 7) is 7.34. The van der Waals surface area contributed by atoms with Crippen LogP contribution >= 0.6 is 0 Å². The zero-order valence-electron chi connectivity index (χ0n) is 12.6. The molecule has 2 saturated heterocycles. The van der Waals surface area contributed by atoms with Crippen LogP contribution in [0.1, 0.15) is 20.3 Å². The molecule has 0 saturated carbocycles. The van der Waals surface area contributed by atoms with Crippen molar-refractivity contribution in [1.82, 2.24) is 15.1 Å². The van der Waals surface area contributed by atoms with E-state index in [1.165, 1.54) is 0 Å². The van der Waals surface area contributed by atoms with Crippen molar-refractivity contribution in [3.05, 3.63) is 0 Å². The molecule has 0 spiro atoms. The van der Waals surface area contributed by atoms with Gasteiger partial charge in [0.2, 0.25) is 11.8 Å². The number of amides is 2. The molecule has 2 fully saturated rings. The summed E-state index contributed by atoms with van der Waals surface area (Å²) in [4.78, 5) is 28.2. The van der Waals surface area contributed by atoms with Gasteiger partial charge in [0.1, 0.15) is 0 Å². The van der Waals surface area contributed by atoms with E-state index in [0.29, 0.717) is 32.2 Å². The predicted octanol–water partition coefficient (Wildman–Crippen LogP) is -0.310. The minimum absolute atomic E-state index is 0.0660. The Hall–Kier alpha value is -1.14. The lowest BCUT2D eigenvalue weighted by Gasteiger charge is -2.39. The van der Waals surface area contributed by atoms with E-state index in [-0.39, 0.29) is 23.8 Å². The number of carbonyl (C=O) groups excluding carboxylic acids is 2. The molecule has 20 heavy (non-hydrogen) atoms. The molecule has 2 rings (SSSR count). The lowest BCUT2D eigenvalue weighted by molar-refractivity contribution is -0.139. The predicted molar refractivity (Wildman–Crippen MR) is 75.2 cm³/mol. The van der Waals surface area contributed by atoms with Crippen LogP contribution in [-0.2, 0) is 14.3 Å². The van der Waals surface area contributed by atoms with Gasteiger partial charge in [0.15, 0.2) is 0 Å². The molecule has 0 radical (unpaired) electrons. The third-order valence-corrected chi connectivity index (χ3v) is 4.45. The van der Waals surface area contributed by atoms with Gasteiger partial charge in [0, 0.05) is 51.8 Å². The molecule has 2 heterocycles. The van der Waals surface area contributed by atoms with Crippen LogP contribution in [-0.4, -0.2) is 73.6 Å². The van der Waals surface area contributed by atoms with E-state index in [9.17, 15) is 9.59 Å². The van der Waals surface area contributed by atoms with Gasteiger partial charge >= 0.3 is 0 Å². The van der Waals surface area contributed by atoms with Gasteiger partial charge in [0.25, 0.3) is 0 Å². The molecule has 0 aliphatic carbocycles. The Labute approximate surface area is 120 Å². The second-order valence-corrected chi connectivity index (χ2v) is 5.75. The largest absolute Gasteiger partial charge is 0.383 e. The topological polar surface area (TPSA) is 61.9 Å². The molecule has 2 aliphatic heterocycles. The highest BCUT2D eigenvalue weighted by Crippen LogP contribution is 2.22. The maximum absolute atomic E-state index is 12.6. The fourth-order valence-electron chi connectivity index (χ4n) is 2.96. The van der Waals surface area contributed by atoms with Crippen molar-refractivity contribution in [3.8, 4) is 0 Å². The van der Waals surface area contributed by atoms with Gasteiger partial charge < -0.3 is 19.9 Å². The average Bonchev–Trinajstić information content (AvgIpc) is 2.80. The molecule has 2 amide bonds. The highest BCUT2D eigenvalue weighted by atomic mass is 16.5. The minimum Gasteiger partial charge on any atom is -0.383 e. The average molecular weight is 283 g/mol. The summed E-state index contributed by atoms with van der Waals surface area (Å²) in [5.74, 6) is 0.00228. The van der Waals surface area contributed by atoms with E-state index >= 15 is 0 Å². The van der Waals surface area contributed by atoms with Crippen LogP contribution in [0.3, 0.4) is 0 Å². The fraction of sp³-hybridized carbons (Fsp3) is 0.857. The highest BCUT2D eigenvalue weighted by Gasteiger charge is 2.39. The van der Waals surface area contributed by atoms with Crippen molar-refractivity contribution in [3.63, 3.8) is 0 Å². The van der Waals surface area contributed by atoms with Crippen molar-refractivity contribution >= 4 is 11.8 Å². The van der Waals surface area contributed by atoms with Gasteiger partial charge in [-0.2, -0.15) is 0 Å². The number of hydrogen-bond acceptors (Lipinski definition) is 4. The van der Waals surface area contributed by atoms with E-state index in [1.54, 1.807) is 12.0 Å². The molecule has 114 valence electrons. The molecule has 0 aromatic heterocycles. The summed E-state index contributed by atoms with van der Waals surface area (Å²) >= 11 is 0. The first-order valence-electron chi connectivity index (χ1n) is 7.35. The van der Waals surface area contributed by atoms with Crippen LogP contribution in [0.25, 0.3) is 0 Å². The molecule has 2 aliphatic rings. The Balaban J connectivity index is 1.94. The Morgan fingerprint density at radius 3 is 2.90 bits per heavy atom. The van der Waals surface area contributed by atoms with E-state index in [2.05, 4.69) is 19.2 Å². The number of carbonyl (C=O) groups is 2. The van der Waals surface area contributed by atoms with Gasteiger partial charge in [-0.1, -0.05) is 0 Å². The summed E-state index contributed by atoms with van der Waals surface area (Å²) in [5.41, 5.74) is 0. The first kappa shape index (κ1) is 15.3. The molecule has 0 aromatic rings. The van der Waals surface area contributed by atoms with Crippen LogP contribution in [0, 0.1) is 5.92 Å². The summed E-state index contributed by atoms with van der Waals surface area (Å²) in [5, 5.41) is 3.36. The molecular formula is C14H25N3O3. The van der Waals surface area contributed by atoms with Crippen molar-refractivity contribution in [2.45, 2.75) is 32.4 Å². The van der Waals surface area contributed by atoms with E-state index in [4.69, 9.17) is 4.74 Å². The van der Waals surface area contributed by atoms with Crippen molar-refractivity contribution < 1.29 is 14.3 Å². The Morgan fingerprint density at radius 1 is 1.45 bits per heavy atom. The fourth-order valence-corrected chi connectivity index (χ4v) is 2.96. The molecule has 0 aromatic carbocycles. The third-order valence-electron chi connectivity index (χ3n) is 4.45. The van der Waals surface area contributed by atoms with Crippen molar-refractivity contribution in [2.75, 3.05) is 39.9 Å². The maximum Gasteiger partial charge on any atom is 0.228 e. The molecule has 1 N–H and O–H groups in total. The number of nitrogens with zero attached hydrogens (tertiary/aromatic N) is 2. The lowest BCUT2D eigenvalue weighted by Crippen LogP contribution is -2.58. The van der Waals surface area contributed by atoms with Crippen molar-refractivity contribution in [2.24, 2.45) is 5.92 Å². The SMILES string of the molecule is COCCN1CC(C(=O)N2CCNC(C)C2C)CC1=O. The van der Waals surface area contributed by atoms with Gasteiger partial charge in [-0.15, -0.1) is 0 Å². The summed E-state index contributed by atoms with van der Waals surface area (Å²) in [6, 6.07) is 0.480. The Bertz CT molecular complexity index is 375. The molecule has 6 heteroatoms. The summed E-state index contributed by atoms with van der Waals surface area (Å²) in [7, 11) is 1.62. The normalized spacial score (nSPS) is 30.9. The smallest absolute Gasteiger partial charge is 0.228 e. The second kappa shape index (κ2) is 6.54. The molecule has 3 unspecified atom stereocenters. The van der Waals surface area contributed by atoms with Gasteiger partial charge in [-0.05, 0) is 13.8 Å². The molecule has 0 bridgehead atoms. The monoisotopic (exact) mass is 283 g/mol. The zero-order valence-corrected chi connectivity index (χ0v) is 12.6. The number of hydrogen-bond donors (Lipinski definition) is 1. The first-order chi connectivity index (χ1) is 9.54. The zero-order chi connectivity index (χ0) is 14.7. The molecule has 3 atom stereocenters. The van der Waals surface area contributed by atoms with E-state index in [1.807, 2.05) is 4.90 Å². The Morgan fingerprint density at radius 2 is 2.20 bits per heavy atom. The van der Waals surface area contributed by atoms with Crippen LogP contribution in [0.2, 0.25) is 0 Å². The van der Waals surface area contributed by atoms with E-state index in [0.717, 1.165) is 13.1 Å². The Kier molecular flexibility index (Phi) is 4.99. The number of likely N-dealkylation sites (tertiary alicyclic amines) is 1. The summed E-state index contributed by atoms with van der Waals surface area (Å²) in [6.07, 6.45) is 0.341. The minimum atomic E-state index is -0.188. The van der Waals surface area contributed by atoms with Crippen LogP contribution in [0.15, 0.2) is 0 Å². The number of nitrogens with one attached hydrogen (secondary N) is 1. The number of methoxy groups -OCH3 is 1. The van der Waals surface area contributed by atoms with E-state index < -0.39 is 0 Å². The quantitative estimate of drug-likeness (QED) is 0.769. The van der Waals surface area contributed by atoms with Crippen LogP contribution < -0.4 is 5.32 Å². The number of ether oxygens (including phenoxy) is 1. The lowest BCUT2D eigenvalue weighted by atomic mass is 10.0.